The number of aliphatic hydroxyl groups is 1. The van der Waals surface area contributed by atoms with E-state index in [1.54, 1.807) is 4.90 Å². The van der Waals surface area contributed by atoms with Crippen molar-refractivity contribution in [3.05, 3.63) is 0 Å². The molecule has 1 atom stereocenters. The number of nitrogens with zero attached hydrogens (tertiary/aromatic N) is 1. The highest BCUT2D eigenvalue weighted by atomic mass is 16.3. The molecule has 0 bridgehead atoms. The van der Waals surface area contributed by atoms with Gasteiger partial charge in [-0.15, -0.1) is 0 Å². The number of unbranched alkanes of at least 4 members (excludes halogenated alkanes) is 1. The maximum absolute atomic E-state index is 11.8. The monoisotopic (exact) mass is 228 g/mol. The van der Waals surface area contributed by atoms with Crippen LogP contribution in [0.2, 0.25) is 0 Å². The summed E-state index contributed by atoms with van der Waals surface area (Å²) in [6, 6.07) is -0.421. The first kappa shape index (κ1) is 13.0. The van der Waals surface area contributed by atoms with E-state index in [4.69, 9.17) is 10.8 Å². The molecule has 5 nitrogen and oxygen atoms in total. The summed E-state index contributed by atoms with van der Waals surface area (Å²) < 4.78 is 0. The highest BCUT2D eigenvalue weighted by Crippen LogP contribution is 2.18. The van der Waals surface area contributed by atoms with Crippen molar-refractivity contribution in [2.45, 2.75) is 44.6 Å². The fourth-order valence-corrected chi connectivity index (χ4v) is 2.06. The second kappa shape index (κ2) is 6.48. The van der Waals surface area contributed by atoms with Crippen LogP contribution in [0.1, 0.15) is 38.5 Å². The van der Waals surface area contributed by atoms with E-state index in [0.29, 0.717) is 32.2 Å². The molecule has 0 radical (unpaired) electrons. The molecule has 1 heterocycles. The Hall–Kier alpha value is -1.10. The summed E-state index contributed by atoms with van der Waals surface area (Å²) in [6.07, 6.45) is 4.26. The van der Waals surface area contributed by atoms with E-state index in [1.165, 1.54) is 0 Å². The maximum Gasteiger partial charge on any atom is 0.240 e. The van der Waals surface area contributed by atoms with Crippen LogP contribution in [0, 0.1) is 0 Å². The predicted molar refractivity (Wildman–Crippen MR) is 59.5 cm³/mol. The lowest BCUT2D eigenvalue weighted by Gasteiger charge is -2.33. The molecule has 0 aromatic heterocycles. The standard InChI is InChI=1S/C11H20N2O3/c12-11(16)9-5-1-3-7-13(9)10(15)6-2-4-8-14/h9,14H,1-8H2,(H2,12,16). The van der Waals surface area contributed by atoms with Gasteiger partial charge in [0.05, 0.1) is 0 Å². The molecule has 0 saturated carbocycles. The topological polar surface area (TPSA) is 83.6 Å². The molecule has 1 fully saturated rings. The minimum absolute atomic E-state index is 0.0167. The number of carbonyl (C=O) groups excluding carboxylic acids is 2. The Morgan fingerprint density at radius 2 is 2.06 bits per heavy atom. The Balaban J connectivity index is 2.47. The van der Waals surface area contributed by atoms with Crippen molar-refractivity contribution < 1.29 is 14.7 Å². The average molecular weight is 228 g/mol. The molecule has 3 N–H and O–H groups in total. The second-order valence-electron chi connectivity index (χ2n) is 4.18. The van der Waals surface area contributed by atoms with Gasteiger partial charge in [0.1, 0.15) is 6.04 Å². The highest BCUT2D eigenvalue weighted by Gasteiger charge is 2.29. The van der Waals surface area contributed by atoms with E-state index in [9.17, 15) is 9.59 Å². The molecule has 1 rings (SSSR count). The van der Waals surface area contributed by atoms with Crippen LogP contribution < -0.4 is 5.73 Å². The van der Waals surface area contributed by atoms with Crippen LogP contribution in [0.4, 0.5) is 0 Å². The Kier molecular flexibility index (Phi) is 5.25. The number of rotatable bonds is 5. The Labute approximate surface area is 95.6 Å². The Bertz CT molecular complexity index is 256. The molecule has 0 aliphatic carbocycles. The fraction of sp³-hybridized carbons (Fsp3) is 0.818. The normalized spacial score (nSPS) is 20.8. The van der Waals surface area contributed by atoms with Crippen LogP contribution >= 0.6 is 0 Å². The van der Waals surface area contributed by atoms with Crippen molar-refractivity contribution in [1.82, 2.24) is 4.90 Å². The number of hydrogen-bond donors (Lipinski definition) is 2. The van der Waals surface area contributed by atoms with E-state index in [0.717, 1.165) is 12.8 Å². The van der Waals surface area contributed by atoms with Gasteiger partial charge in [-0.25, -0.2) is 0 Å². The third-order valence-corrected chi connectivity index (χ3v) is 2.95. The minimum atomic E-state index is -0.421. The lowest BCUT2D eigenvalue weighted by molar-refractivity contribution is -0.141. The van der Waals surface area contributed by atoms with Crippen LogP contribution in [0.25, 0.3) is 0 Å². The first-order valence-electron chi connectivity index (χ1n) is 5.86. The lowest BCUT2D eigenvalue weighted by Crippen LogP contribution is -2.50. The van der Waals surface area contributed by atoms with Crippen molar-refractivity contribution in [2.24, 2.45) is 5.73 Å². The number of aliphatic hydroxyl groups excluding tert-OH is 1. The molecule has 2 amide bonds. The summed E-state index contributed by atoms with van der Waals surface area (Å²) in [5.41, 5.74) is 5.28. The number of hydrogen-bond acceptors (Lipinski definition) is 3. The van der Waals surface area contributed by atoms with Gasteiger partial charge >= 0.3 is 0 Å². The summed E-state index contributed by atoms with van der Waals surface area (Å²) in [4.78, 5) is 24.6. The van der Waals surface area contributed by atoms with E-state index in [-0.39, 0.29) is 12.5 Å². The van der Waals surface area contributed by atoms with Gasteiger partial charge in [-0.3, -0.25) is 9.59 Å². The van der Waals surface area contributed by atoms with Gasteiger partial charge in [-0.1, -0.05) is 0 Å². The molecule has 1 aliphatic rings. The summed E-state index contributed by atoms with van der Waals surface area (Å²) in [7, 11) is 0. The van der Waals surface area contributed by atoms with Crippen LogP contribution in [-0.2, 0) is 9.59 Å². The van der Waals surface area contributed by atoms with Gasteiger partial charge < -0.3 is 15.7 Å². The zero-order chi connectivity index (χ0) is 12.0. The average Bonchev–Trinajstić information content (AvgIpc) is 2.29. The maximum atomic E-state index is 11.8. The van der Waals surface area contributed by atoms with Crippen LogP contribution in [0.5, 0.6) is 0 Å². The summed E-state index contributed by atoms with van der Waals surface area (Å²) in [5.74, 6) is -0.424. The summed E-state index contributed by atoms with van der Waals surface area (Å²) in [5, 5.41) is 8.63. The van der Waals surface area contributed by atoms with Gasteiger partial charge in [0.15, 0.2) is 0 Å². The number of piperidine rings is 1. The van der Waals surface area contributed by atoms with Crippen molar-refractivity contribution in [2.75, 3.05) is 13.2 Å². The minimum Gasteiger partial charge on any atom is -0.396 e. The van der Waals surface area contributed by atoms with Crippen molar-refractivity contribution in [3.63, 3.8) is 0 Å². The summed E-state index contributed by atoms with van der Waals surface area (Å²) >= 11 is 0. The Morgan fingerprint density at radius 3 is 2.69 bits per heavy atom. The molecule has 16 heavy (non-hydrogen) atoms. The number of primary amides is 1. The van der Waals surface area contributed by atoms with Gasteiger partial charge in [0, 0.05) is 19.6 Å². The predicted octanol–water partition coefficient (Wildman–Crippen LogP) is 0.0154. The van der Waals surface area contributed by atoms with E-state index >= 15 is 0 Å². The van der Waals surface area contributed by atoms with Gasteiger partial charge in [0.25, 0.3) is 0 Å². The third kappa shape index (κ3) is 3.48. The second-order valence-corrected chi connectivity index (χ2v) is 4.18. The number of amides is 2. The van der Waals surface area contributed by atoms with Crippen LogP contribution in [0.15, 0.2) is 0 Å². The molecule has 1 saturated heterocycles. The largest absolute Gasteiger partial charge is 0.396 e. The molecule has 0 spiro atoms. The number of carbonyl (C=O) groups is 2. The molecule has 5 heteroatoms. The molecule has 1 aliphatic heterocycles. The molecule has 0 aromatic rings. The van der Waals surface area contributed by atoms with E-state index < -0.39 is 11.9 Å². The molecular weight excluding hydrogens is 208 g/mol. The zero-order valence-corrected chi connectivity index (χ0v) is 9.52. The lowest BCUT2D eigenvalue weighted by atomic mass is 10.0. The van der Waals surface area contributed by atoms with Crippen LogP contribution in [0.3, 0.4) is 0 Å². The number of likely N-dealkylation sites (tertiary alicyclic amines) is 1. The van der Waals surface area contributed by atoms with Crippen molar-refractivity contribution in [1.29, 1.82) is 0 Å². The fourth-order valence-electron chi connectivity index (χ4n) is 2.06. The smallest absolute Gasteiger partial charge is 0.240 e. The quantitative estimate of drug-likeness (QED) is 0.650. The molecule has 92 valence electrons. The Morgan fingerprint density at radius 1 is 1.31 bits per heavy atom. The molecular formula is C11H20N2O3. The van der Waals surface area contributed by atoms with Crippen molar-refractivity contribution >= 4 is 11.8 Å². The first-order chi connectivity index (χ1) is 7.66. The zero-order valence-electron chi connectivity index (χ0n) is 9.52. The number of nitrogens with two attached hydrogens (primary N) is 1. The SMILES string of the molecule is NC(=O)C1CCCCN1C(=O)CCCCO. The van der Waals surface area contributed by atoms with Gasteiger partial charge in [-0.2, -0.15) is 0 Å². The van der Waals surface area contributed by atoms with Crippen molar-refractivity contribution in [3.8, 4) is 0 Å². The van der Waals surface area contributed by atoms with Crippen LogP contribution in [-0.4, -0.2) is 41.0 Å². The third-order valence-electron chi connectivity index (χ3n) is 2.95. The summed E-state index contributed by atoms with van der Waals surface area (Å²) in [6.45, 7) is 0.734. The van der Waals surface area contributed by atoms with Gasteiger partial charge in [0.2, 0.25) is 11.8 Å². The molecule has 0 aromatic carbocycles. The first-order valence-corrected chi connectivity index (χ1v) is 5.86. The highest BCUT2D eigenvalue weighted by molar-refractivity contribution is 5.86. The van der Waals surface area contributed by atoms with E-state index in [2.05, 4.69) is 0 Å². The van der Waals surface area contributed by atoms with Gasteiger partial charge in [-0.05, 0) is 32.1 Å². The van der Waals surface area contributed by atoms with E-state index in [1.807, 2.05) is 0 Å². The molecule has 1 unspecified atom stereocenters.